The lowest BCUT2D eigenvalue weighted by Crippen LogP contribution is -2.48. The quantitative estimate of drug-likeness (QED) is 0.177. The summed E-state index contributed by atoms with van der Waals surface area (Å²) in [7, 11) is -3.75. The van der Waals surface area contributed by atoms with Gasteiger partial charge in [0.15, 0.2) is 0 Å². The van der Waals surface area contributed by atoms with Crippen molar-refractivity contribution >= 4 is 15.9 Å². The third kappa shape index (κ3) is 6.24. The van der Waals surface area contributed by atoms with Gasteiger partial charge in [-0.1, -0.05) is 57.5 Å². The maximum atomic E-state index is 13.0. The van der Waals surface area contributed by atoms with Crippen LogP contribution in [-0.2, 0) is 19.1 Å². The van der Waals surface area contributed by atoms with Crippen molar-refractivity contribution in [2.24, 2.45) is 46.8 Å². The van der Waals surface area contributed by atoms with Crippen LogP contribution in [0, 0.1) is 53.8 Å². The number of hydrogen-bond donors (Lipinski definition) is 0. The molecule has 0 amide bonds. The van der Waals surface area contributed by atoms with Gasteiger partial charge >= 0.3 is 0 Å². The second-order valence-electron chi connectivity index (χ2n) is 12.9. The monoisotopic (exact) mass is 528 g/mol. The lowest BCUT2D eigenvalue weighted by molar-refractivity contribution is -0.134. The average Bonchev–Trinajstić information content (AvgIpc) is 3.20. The van der Waals surface area contributed by atoms with Crippen LogP contribution in [0.15, 0.2) is 41.3 Å². The Hall–Kier alpha value is -1.46. The van der Waals surface area contributed by atoms with E-state index in [1.54, 1.807) is 24.3 Å². The highest BCUT2D eigenvalue weighted by molar-refractivity contribution is 7.86. The molecule has 0 heterocycles. The molecule has 37 heavy (non-hydrogen) atoms. The van der Waals surface area contributed by atoms with Crippen molar-refractivity contribution in [3.8, 4) is 0 Å². The molecule has 1 aromatic carbocycles. The molecule has 0 spiro atoms. The lowest BCUT2D eigenvalue weighted by atomic mass is 9.51. The summed E-state index contributed by atoms with van der Waals surface area (Å²) in [6.45, 7) is 11.6. The summed E-state index contributed by atoms with van der Waals surface area (Å²) in [6, 6.07) is 6.75. The summed E-state index contributed by atoms with van der Waals surface area (Å²) in [5.74, 6) is 4.31. The molecular formula is C32H48O4S. The van der Waals surface area contributed by atoms with Crippen LogP contribution in [0.1, 0.15) is 91.0 Å². The average molecular weight is 529 g/mol. The Morgan fingerprint density at radius 3 is 2.49 bits per heavy atom. The predicted molar refractivity (Wildman–Crippen MR) is 150 cm³/mol. The minimum Gasteiger partial charge on any atom is -0.299 e. The van der Waals surface area contributed by atoms with Gasteiger partial charge in [0.1, 0.15) is 5.78 Å². The first-order valence-electron chi connectivity index (χ1n) is 14.7. The first-order valence-corrected chi connectivity index (χ1v) is 16.1. The molecule has 0 aromatic heterocycles. The molecule has 7 atom stereocenters. The second kappa shape index (κ2) is 11.7. The van der Waals surface area contributed by atoms with Crippen LogP contribution in [0.2, 0.25) is 0 Å². The molecule has 3 aliphatic rings. The van der Waals surface area contributed by atoms with Gasteiger partial charge in [-0.2, -0.15) is 8.42 Å². The third-order valence-electron chi connectivity index (χ3n) is 10.1. The van der Waals surface area contributed by atoms with Crippen molar-refractivity contribution in [2.45, 2.75) is 97.3 Å². The summed E-state index contributed by atoms with van der Waals surface area (Å²) in [5.41, 5.74) is 1.39. The van der Waals surface area contributed by atoms with Gasteiger partial charge in [-0.3, -0.25) is 8.98 Å². The summed E-state index contributed by atoms with van der Waals surface area (Å²) < 4.78 is 30.4. The molecule has 206 valence electrons. The Bertz CT molecular complexity index is 1060. The van der Waals surface area contributed by atoms with Crippen molar-refractivity contribution in [3.05, 3.63) is 42.0 Å². The number of carbonyl (C=O) groups excluding carboxylic acids is 1. The smallest absolute Gasteiger partial charge is 0.296 e. The number of fused-ring (bicyclic) bond motifs is 3. The normalized spacial score (nSPS) is 33.0. The Kier molecular flexibility index (Phi) is 9.05. The highest BCUT2D eigenvalue weighted by Crippen LogP contribution is 2.63. The Balaban J connectivity index is 1.35. The molecule has 3 aliphatic carbocycles. The molecular weight excluding hydrogens is 480 g/mol. The molecule has 1 aromatic rings. The van der Waals surface area contributed by atoms with E-state index in [1.165, 1.54) is 19.3 Å². The molecule has 0 bridgehead atoms. The number of aryl methyl sites for hydroxylation is 1. The fraction of sp³-hybridized carbons (Fsp3) is 0.719. The molecule has 0 radical (unpaired) electrons. The molecule has 0 unspecified atom stereocenters. The van der Waals surface area contributed by atoms with E-state index in [9.17, 15) is 13.2 Å². The van der Waals surface area contributed by atoms with Crippen LogP contribution in [-0.4, -0.2) is 20.8 Å². The van der Waals surface area contributed by atoms with E-state index in [1.807, 2.05) is 6.92 Å². The highest BCUT2D eigenvalue weighted by atomic mass is 32.2. The van der Waals surface area contributed by atoms with E-state index in [0.29, 0.717) is 53.6 Å². The number of hydrogen-bond acceptors (Lipinski definition) is 4. The largest absolute Gasteiger partial charge is 0.299 e. The number of benzene rings is 1. The van der Waals surface area contributed by atoms with Crippen LogP contribution in [0.3, 0.4) is 0 Å². The topological polar surface area (TPSA) is 60.4 Å². The zero-order valence-electron chi connectivity index (χ0n) is 23.6. The van der Waals surface area contributed by atoms with Crippen molar-refractivity contribution < 1.29 is 17.4 Å². The van der Waals surface area contributed by atoms with Gasteiger partial charge < -0.3 is 0 Å². The summed E-state index contributed by atoms with van der Waals surface area (Å²) in [4.78, 5) is 13.2. The van der Waals surface area contributed by atoms with E-state index in [-0.39, 0.29) is 17.4 Å². The summed E-state index contributed by atoms with van der Waals surface area (Å²) >= 11 is 0. The van der Waals surface area contributed by atoms with Gasteiger partial charge in [-0.05, 0) is 111 Å². The van der Waals surface area contributed by atoms with E-state index < -0.39 is 10.1 Å². The van der Waals surface area contributed by atoms with Gasteiger partial charge in [0.2, 0.25) is 0 Å². The molecule has 5 heteroatoms. The number of allylic oxidation sites excluding steroid dienone is 2. The predicted octanol–water partition coefficient (Wildman–Crippen LogP) is 7.76. The SMILES string of the molecule is Cc1ccc(S(=O)(=O)OCCC[C@@H]2C(=O)CC[C@@H]3[C@@H]2CC[C@]2(C)[C@@H]([C@@H](C)/C=C/CC(C)C)CC[C@@H]32)cc1. The Labute approximate surface area is 225 Å². The Morgan fingerprint density at radius 2 is 1.78 bits per heavy atom. The molecule has 0 saturated heterocycles. The van der Waals surface area contributed by atoms with Crippen LogP contribution < -0.4 is 0 Å². The lowest BCUT2D eigenvalue weighted by Gasteiger charge is -2.53. The maximum Gasteiger partial charge on any atom is 0.296 e. The molecule has 3 fully saturated rings. The summed E-state index contributed by atoms with van der Waals surface area (Å²) in [5, 5.41) is 0. The van der Waals surface area contributed by atoms with Crippen LogP contribution in [0.5, 0.6) is 0 Å². The highest BCUT2D eigenvalue weighted by Gasteiger charge is 2.56. The third-order valence-corrected chi connectivity index (χ3v) is 11.4. The minimum atomic E-state index is -3.75. The van der Waals surface area contributed by atoms with Gasteiger partial charge in [0.05, 0.1) is 11.5 Å². The van der Waals surface area contributed by atoms with Crippen LogP contribution >= 0.6 is 0 Å². The van der Waals surface area contributed by atoms with E-state index in [4.69, 9.17) is 4.18 Å². The zero-order valence-corrected chi connectivity index (χ0v) is 24.4. The van der Waals surface area contributed by atoms with E-state index >= 15 is 0 Å². The van der Waals surface area contributed by atoms with Gasteiger partial charge in [0, 0.05) is 12.3 Å². The molecule has 0 aliphatic heterocycles. The first kappa shape index (κ1) is 28.5. The molecule has 3 saturated carbocycles. The fourth-order valence-electron chi connectivity index (χ4n) is 8.19. The molecule has 0 N–H and O–H groups in total. The minimum absolute atomic E-state index is 0.0661. The first-order chi connectivity index (χ1) is 17.5. The van der Waals surface area contributed by atoms with Gasteiger partial charge in [0.25, 0.3) is 10.1 Å². The van der Waals surface area contributed by atoms with E-state index in [2.05, 4.69) is 39.8 Å². The Morgan fingerprint density at radius 1 is 1.05 bits per heavy atom. The van der Waals surface area contributed by atoms with Crippen molar-refractivity contribution in [1.29, 1.82) is 0 Å². The van der Waals surface area contributed by atoms with Crippen molar-refractivity contribution in [3.63, 3.8) is 0 Å². The zero-order chi connectivity index (χ0) is 26.8. The van der Waals surface area contributed by atoms with Crippen molar-refractivity contribution in [1.82, 2.24) is 0 Å². The van der Waals surface area contributed by atoms with Crippen molar-refractivity contribution in [2.75, 3.05) is 6.61 Å². The van der Waals surface area contributed by atoms with Gasteiger partial charge in [-0.15, -0.1) is 0 Å². The summed E-state index contributed by atoms with van der Waals surface area (Å²) in [6.07, 6.45) is 14.1. The molecule has 4 rings (SSSR count). The number of ketones is 1. The molecule has 4 nitrogen and oxygen atoms in total. The second-order valence-corrected chi connectivity index (χ2v) is 14.5. The van der Waals surface area contributed by atoms with Gasteiger partial charge in [-0.25, -0.2) is 0 Å². The number of carbonyl (C=O) groups is 1. The number of Topliss-reactive ketones (excluding diaryl/α,β-unsaturated/α-hetero) is 1. The van der Waals surface area contributed by atoms with E-state index in [0.717, 1.165) is 37.2 Å². The fourth-order valence-corrected chi connectivity index (χ4v) is 9.13. The standard InChI is InChI=1S/C32H48O4S/c1-22(2)8-6-9-24(4)29-16-17-30-27-15-18-31(33)28(26(27)19-20-32(29,30)5)10-7-21-36-37(34,35)25-13-11-23(3)12-14-25/h6,9,11-14,22,24,26-30H,7-8,10,15-21H2,1-5H3/b9-6+/t24-,26-,27+,28-,29+,30-,32+/m0/s1. The van der Waals surface area contributed by atoms with Crippen LogP contribution in [0.4, 0.5) is 0 Å². The number of rotatable bonds is 10. The maximum absolute atomic E-state index is 13.0. The van der Waals surface area contributed by atoms with Crippen LogP contribution in [0.25, 0.3) is 0 Å².